The van der Waals surface area contributed by atoms with E-state index in [-0.39, 0.29) is 12.6 Å². The topological polar surface area (TPSA) is 202 Å². The summed E-state index contributed by atoms with van der Waals surface area (Å²) < 4.78 is 79.4. The van der Waals surface area contributed by atoms with Crippen molar-refractivity contribution in [2.75, 3.05) is 25.0 Å². The highest BCUT2D eigenvalue weighted by Crippen LogP contribution is 2.37. The van der Waals surface area contributed by atoms with E-state index in [1.54, 1.807) is 10.6 Å². The molecule has 20 heteroatoms. The molecule has 1 saturated heterocycles. The summed E-state index contributed by atoms with van der Waals surface area (Å²) in [5.41, 5.74) is 1.96. The van der Waals surface area contributed by atoms with Crippen molar-refractivity contribution in [1.82, 2.24) is 25.2 Å². The van der Waals surface area contributed by atoms with Crippen molar-refractivity contribution in [2.45, 2.75) is 56.9 Å². The van der Waals surface area contributed by atoms with Gasteiger partial charge in [-0.15, -0.1) is 0 Å². The number of aromatic nitrogens is 3. The Balaban J connectivity index is 0.000000408. The molecule has 1 amide bonds. The molecule has 4 atom stereocenters. The van der Waals surface area contributed by atoms with Crippen molar-refractivity contribution < 1.29 is 60.4 Å². The Morgan fingerprint density at radius 3 is 2.08 bits per heavy atom. The van der Waals surface area contributed by atoms with Crippen LogP contribution in [0, 0.1) is 23.2 Å². The number of rotatable bonds is 7. The fraction of sp³-hybridized carbons (Fsp3) is 0.467. The Morgan fingerprint density at radius 2 is 1.58 bits per heavy atom. The summed E-state index contributed by atoms with van der Waals surface area (Å²) in [6, 6.07) is 9.62. The van der Waals surface area contributed by atoms with Crippen LogP contribution < -0.4 is 16.0 Å². The first-order chi connectivity index (χ1) is 23.1. The molecule has 0 spiro atoms. The average molecular weight is 720 g/mol. The predicted molar refractivity (Wildman–Crippen MR) is 161 cm³/mol. The maximum Gasteiger partial charge on any atom is 0.490 e. The molecule has 1 unspecified atom stereocenters. The SMILES string of the molecule is CC(C)(O)[C@H](F)CNC(=O)c1cnc(-c2ccc3cc(C#N)cnn23)cc1NC1C[C@H]2CNC[C@H]2C1.O=C(O)C(F)(F)F.O=C(O)C(F)(F)F. The lowest BCUT2D eigenvalue weighted by Crippen LogP contribution is -2.42. The molecular weight excluding hydrogens is 687 g/mol. The second-order valence-electron chi connectivity index (χ2n) is 12.0. The highest BCUT2D eigenvalue weighted by molar-refractivity contribution is 6.00. The highest BCUT2D eigenvalue weighted by Gasteiger charge is 2.39. The van der Waals surface area contributed by atoms with Crippen molar-refractivity contribution >= 4 is 29.0 Å². The second-order valence-corrected chi connectivity index (χ2v) is 12.0. The van der Waals surface area contributed by atoms with Crippen molar-refractivity contribution in [1.29, 1.82) is 5.26 Å². The monoisotopic (exact) mass is 719 g/mol. The Morgan fingerprint density at radius 1 is 1.02 bits per heavy atom. The summed E-state index contributed by atoms with van der Waals surface area (Å²) in [6.07, 6.45) is -6.77. The van der Waals surface area contributed by atoms with Crippen LogP contribution >= 0.6 is 0 Å². The van der Waals surface area contributed by atoms with Crippen LogP contribution in [0.4, 0.5) is 36.4 Å². The normalized spacial score (nSPS) is 19.2. The average Bonchev–Trinajstić information content (AvgIpc) is 3.74. The van der Waals surface area contributed by atoms with Gasteiger partial charge in [-0.25, -0.2) is 18.5 Å². The smallest absolute Gasteiger partial charge is 0.475 e. The van der Waals surface area contributed by atoms with Gasteiger partial charge in [0.25, 0.3) is 5.91 Å². The molecule has 6 N–H and O–H groups in total. The van der Waals surface area contributed by atoms with Crippen LogP contribution in [0.15, 0.2) is 36.7 Å². The molecule has 4 heterocycles. The minimum Gasteiger partial charge on any atom is -0.475 e. The van der Waals surface area contributed by atoms with Gasteiger partial charge in [-0.3, -0.25) is 9.78 Å². The lowest BCUT2D eigenvalue weighted by Gasteiger charge is -2.23. The molecule has 3 aromatic heterocycles. The molecule has 0 aromatic carbocycles. The number of halogens is 7. The molecule has 1 saturated carbocycles. The molecule has 1 aliphatic carbocycles. The van der Waals surface area contributed by atoms with Gasteiger partial charge >= 0.3 is 24.3 Å². The number of carboxylic acid groups (broad SMARTS) is 2. The van der Waals surface area contributed by atoms with E-state index < -0.39 is 42.0 Å². The molecule has 0 bridgehead atoms. The van der Waals surface area contributed by atoms with E-state index in [0.29, 0.717) is 34.3 Å². The van der Waals surface area contributed by atoms with Crippen molar-refractivity contribution in [3.63, 3.8) is 0 Å². The van der Waals surface area contributed by atoms with Gasteiger partial charge < -0.3 is 31.3 Å². The van der Waals surface area contributed by atoms with E-state index >= 15 is 0 Å². The van der Waals surface area contributed by atoms with Crippen LogP contribution in [0.5, 0.6) is 0 Å². The molecule has 5 rings (SSSR count). The largest absolute Gasteiger partial charge is 0.490 e. The number of fused-ring (bicyclic) bond motifs is 2. The minimum absolute atomic E-state index is 0.217. The van der Waals surface area contributed by atoms with Crippen molar-refractivity contribution in [3.05, 3.63) is 47.8 Å². The summed E-state index contributed by atoms with van der Waals surface area (Å²) in [5, 5.41) is 47.3. The van der Waals surface area contributed by atoms with Crippen molar-refractivity contribution in [2.24, 2.45) is 11.8 Å². The fourth-order valence-electron chi connectivity index (χ4n) is 5.18. The number of anilines is 1. The third-order valence-corrected chi connectivity index (χ3v) is 7.75. The predicted octanol–water partition coefficient (Wildman–Crippen LogP) is 3.78. The van der Waals surface area contributed by atoms with Gasteiger partial charge in [-0.1, -0.05) is 0 Å². The maximum atomic E-state index is 14.3. The number of nitrogens with zero attached hydrogens (tertiary/aromatic N) is 4. The van der Waals surface area contributed by atoms with Crippen LogP contribution in [0.2, 0.25) is 0 Å². The number of hydrogen-bond donors (Lipinski definition) is 6. The first-order valence-electron chi connectivity index (χ1n) is 14.7. The summed E-state index contributed by atoms with van der Waals surface area (Å²) >= 11 is 0. The zero-order valence-corrected chi connectivity index (χ0v) is 26.3. The van der Waals surface area contributed by atoms with Gasteiger partial charge in [0.15, 0.2) is 0 Å². The zero-order chi connectivity index (χ0) is 37.6. The molecule has 1 aliphatic heterocycles. The first kappa shape index (κ1) is 39.4. The van der Waals surface area contributed by atoms with E-state index in [4.69, 9.17) is 25.1 Å². The number of nitriles is 1. The fourth-order valence-corrected chi connectivity index (χ4v) is 5.18. The van der Waals surface area contributed by atoms with E-state index in [1.165, 1.54) is 26.2 Å². The molecule has 272 valence electrons. The molecule has 50 heavy (non-hydrogen) atoms. The van der Waals surface area contributed by atoms with Gasteiger partial charge in [0.2, 0.25) is 0 Å². The van der Waals surface area contributed by atoms with Crippen LogP contribution in [0.3, 0.4) is 0 Å². The van der Waals surface area contributed by atoms with Gasteiger partial charge in [0, 0.05) is 12.2 Å². The molecule has 0 radical (unpaired) electrons. The van der Waals surface area contributed by atoms with Crippen LogP contribution in [0.25, 0.3) is 16.9 Å². The number of pyridine rings is 1. The zero-order valence-electron chi connectivity index (χ0n) is 26.3. The standard InChI is InChI=1S/C26H30FN7O2.2C2HF3O2/c1-26(2,36)24(27)14-31-25(35)20-13-30-22(23-4-3-19-5-15(9-28)10-32-34(19)23)8-21(20)33-18-6-16-11-29-12-17(16)7-18;2*3-2(4,5)1(6)7/h3-5,8,10,13,16-18,24,29,36H,6-7,11-12,14H2,1-2H3,(H,30,33)(H,31,35);2*(H,6,7)/t16-,17+,18?,24-;;/m1../s1. The van der Waals surface area contributed by atoms with Gasteiger partial charge in [0.1, 0.15) is 12.2 Å². The van der Waals surface area contributed by atoms with Gasteiger partial charge in [-0.05, 0) is 75.9 Å². The number of amides is 1. The number of aliphatic hydroxyl groups is 1. The Labute approximate surface area is 279 Å². The molecule has 3 aromatic rings. The van der Waals surface area contributed by atoms with E-state index in [9.17, 15) is 40.6 Å². The number of carbonyl (C=O) groups excluding carboxylic acids is 1. The van der Waals surface area contributed by atoms with Gasteiger partial charge in [0.05, 0.1) is 52.1 Å². The number of nitrogens with one attached hydrogen (secondary N) is 3. The molecule has 2 aliphatic rings. The lowest BCUT2D eigenvalue weighted by atomic mass is 10.0. The Hall–Kier alpha value is -5.03. The number of carbonyl (C=O) groups is 3. The number of alkyl halides is 7. The van der Waals surface area contributed by atoms with Crippen LogP contribution in [-0.2, 0) is 9.59 Å². The van der Waals surface area contributed by atoms with Crippen LogP contribution in [0.1, 0.15) is 42.6 Å². The van der Waals surface area contributed by atoms with E-state index in [2.05, 4.69) is 32.1 Å². The Bertz CT molecular complexity index is 1700. The van der Waals surface area contributed by atoms with Crippen molar-refractivity contribution in [3.8, 4) is 17.5 Å². The summed E-state index contributed by atoms with van der Waals surface area (Å²) in [6.45, 7) is 4.46. The first-order valence-corrected chi connectivity index (χ1v) is 14.7. The maximum absolute atomic E-state index is 14.3. The van der Waals surface area contributed by atoms with E-state index in [0.717, 1.165) is 37.1 Å². The minimum atomic E-state index is -5.08. The lowest BCUT2D eigenvalue weighted by molar-refractivity contribution is -0.193. The quantitative estimate of drug-likeness (QED) is 0.194. The molecule has 2 fully saturated rings. The van der Waals surface area contributed by atoms with Crippen LogP contribution in [-0.4, -0.2) is 97.6 Å². The number of carboxylic acids is 2. The van der Waals surface area contributed by atoms with Gasteiger partial charge in [-0.2, -0.15) is 36.7 Å². The summed E-state index contributed by atoms with van der Waals surface area (Å²) in [4.78, 5) is 35.4. The third-order valence-electron chi connectivity index (χ3n) is 7.75. The third kappa shape index (κ3) is 10.5. The molecule has 13 nitrogen and oxygen atoms in total. The number of hydrogen-bond acceptors (Lipinski definition) is 9. The Kier molecular flexibility index (Phi) is 12.4. The number of aliphatic carboxylic acids is 2. The molecular formula is C30H32F7N7O6. The summed E-state index contributed by atoms with van der Waals surface area (Å²) in [5.74, 6) is -4.73. The van der Waals surface area contributed by atoms with E-state index in [1.807, 2.05) is 18.2 Å². The highest BCUT2D eigenvalue weighted by atomic mass is 19.4. The summed E-state index contributed by atoms with van der Waals surface area (Å²) in [7, 11) is 0. The second kappa shape index (κ2) is 15.7.